The van der Waals surface area contributed by atoms with Gasteiger partial charge in [0.25, 0.3) is 15.9 Å². The Morgan fingerprint density at radius 2 is 1.72 bits per heavy atom. The van der Waals surface area contributed by atoms with Crippen LogP contribution >= 0.6 is 0 Å². The van der Waals surface area contributed by atoms with Crippen molar-refractivity contribution in [1.29, 1.82) is 0 Å². The Morgan fingerprint density at radius 3 is 2.38 bits per heavy atom. The standard InChI is InChI=1S/C20H21F3N4O4S/c21-20(22,23)31-17-4-1-15(2-5-17)13-25-7-9-26(10-8-25)19(28)16-3-6-18-24-32(29,30)12-11-27(18)14-16/h1-6,14H,7-13H2. The van der Waals surface area contributed by atoms with Crippen LogP contribution < -0.4 is 4.74 Å². The number of ether oxygens (including phenoxy) is 1. The summed E-state index contributed by atoms with van der Waals surface area (Å²) < 4.78 is 67.6. The molecule has 0 radical (unpaired) electrons. The van der Waals surface area contributed by atoms with Crippen molar-refractivity contribution >= 4 is 21.8 Å². The lowest BCUT2D eigenvalue weighted by atomic mass is 10.1. The number of hydrogen-bond donors (Lipinski definition) is 0. The number of amidine groups is 1. The van der Waals surface area contributed by atoms with Crippen LogP contribution in [-0.2, 0) is 21.4 Å². The van der Waals surface area contributed by atoms with Gasteiger partial charge in [-0.1, -0.05) is 12.1 Å². The van der Waals surface area contributed by atoms with E-state index in [9.17, 15) is 26.4 Å². The lowest BCUT2D eigenvalue weighted by Gasteiger charge is -2.35. The fraction of sp³-hybridized carbons (Fsp3) is 0.400. The minimum absolute atomic E-state index is 0.0930. The van der Waals surface area contributed by atoms with Gasteiger partial charge >= 0.3 is 6.36 Å². The molecule has 3 aliphatic heterocycles. The zero-order valence-corrected chi connectivity index (χ0v) is 17.8. The van der Waals surface area contributed by atoms with E-state index in [0.29, 0.717) is 44.1 Å². The van der Waals surface area contributed by atoms with Crippen LogP contribution in [-0.4, -0.2) is 79.7 Å². The van der Waals surface area contributed by atoms with Gasteiger partial charge in [0.2, 0.25) is 0 Å². The van der Waals surface area contributed by atoms with Gasteiger partial charge in [0.1, 0.15) is 11.6 Å². The van der Waals surface area contributed by atoms with Crippen molar-refractivity contribution in [2.45, 2.75) is 12.9 Å². The Morgan fingerprint density at radius 1 is 1.03 bits per heavy atom. The largest absolute Gasteiger partial charge is 0.573 e. The third kappa shape index (κ3) is 5.49. The molecule has 1 amide bonds. The Balaban J connectivity index is 1.30. The molecular formula is C20H21F3N4O4S. The van der Waals surface area contributed by atoms with E-state index < -0.39 is 16.4 Å². The summed E-state index contributed by atoms with van der Waals surface area (Å²) in [4.78, 5) is 18.4. The Bertz CT molecular complexity index is 1070. The molecule has 0 saturated carbocycles. The molecular weight excluding hydrogens is 449 g/mol. The Kier molecular flexibility index (Phi) is 5.99. The summed E-state index contributed by atoms with van der Waals surface area (Å²) in [5.41, 5.74) is 1.32. The van der Waals surface area contributed by atoms with Crippen molar-refractivity contribution in [2.24, 2.45) is 4.40 Å². The lowest BCUT2D eigenvalue weighted by Crippen LogP contribution is -2.49. The summed E-state index contributed by atoms with van der Waals surface area (Å²) in [6.45, 7) is 3.07. The smallest absolute Gasteiger partial charge is 0.406 e. The molecule has 1 aromatic rings. The first-order valence-electron chi connectivity index (χ1n) is 9.93. The van der Waals surface area contributed by atoms with Gasteiger partial charge in [-0.2, -0.15) is 0 Å². The predicted octanol–water partition coefficient (Wildman–Crippen LogP) is 1.73. The summed E-state index contributed by atoms with van der Waals surface area (Å²) >= 11 is 0. The first kappa shape index (κ1) is 22.3. The first-order valence-corrected chi connectivity index (χ1v) is 11.5. The molecule has 4 rings (SSSR count). The van der Waals surface area contributed by atoms with Crippen molar-refractivity contribution < 1.29 is 31.1 Å². The zero-order chi connectivity index (χ0) is 22.9. The monoisotopic (exact) mass is 470 g/mol. The van der Waals surface area contributed by atoms with Crippen molar-refractivity contribution in [2.75, 3.05) is 38.5 Å². The maximum atomic E-state index is 12.9. The maximum Gasteiger partial charge on any atom is 0.573 e. The van der Waals surface area contributed by atoms with Crippen LogP contribution in [0.25, 0.3) is 0 Å². The average Bonchev–Trinajstić information content (AvgIpc) is 2.73. The number of amides is 1. The number of halogens is 3. The number of fused-ring (bicyclic) bond motifs is 1. The molecule has 0 N–H and O–H groups in total. The lowest BCUT2D eigenvalue weighted by molar-refractivity contribution is -0.274. The fourth-order valence-electron chi connectivity index (χ4n) is 3.67. The van der Waals surface area contributed by atoms with Gasteiger partial charge in [0.15, 0.2) is 0 Å². The molecule has 0 unspecified atom stereocenters. The van der Waals surface area contributed by atoms with E-state index >= 15 is 0 Å². The first-order chi connectivity index (χ1) is 15.1. The highest BCUT2D eigenvalue weighted by Gasteiger charge is 2.31. The summed E-state index contributed by atoms with van der Waals surface area (Å²) in [5.74, 6) is -0.180. The second-order valence-electron chi connectivity index (χ2n) is 7.61. The van der Waals surface area contributed by atoms with Gasteiger partial charge in [-0.05, 0) is 29.8 Å². The Labute approximate surface area is 183 Å². The molecule has 12 heteroatoms. The molecule has 0 aliphatic carbocycles. The van der Waals surface area contributed by atoms with Gasteiger partial charge in [-0.15, -0.1) is 17.6 Å². The summed E-state index contributed by atoms with van der Waals surface area (Å²) in [7, 11) is -3.45. The van der Waals surface area contributed by atoms with Gasteiger partial charge in [0, 0.05) is 45.5 Å². The fourth-order valence-corrected chi connectivity index (χ4v) is 4.64. The molecule has 0 bridgehead atoms. The third-order valence-corrected chi connectivity index (χ3v) is 6.46. The van der Waals surface area contributed by atoms with Crippen molar-refractivity contribution in [1.82, 2.24) is 14.7 Å². The predicted molar refractivity (Wildman–Crippen MR) is 110 cm³/mol. The number of sulfonamides is 1. The molecule has 1 aromatic carbocycles. The van der Waals surface area contributed by atoms with E-state index in [1.165, 1.54) is 18.2 Å². The molecule has 8 nitrogen and oxygen atoms in total. The van der Waals surface area contributed by atoms with Crippen molar-refractivity contribution in [3.8, 4) is 5.75 Å². The van der Waals surface area contributed by atoms with Crippen LogP contribution in [0.3, 0.4) is 0 Å². The van der Waals surface area contributed by atoms with E-state index in [4.69, 9.17) is 0 Å². The molecule has 0 atom stereocenters. The minimum Gasteiger partial charge on any atom is -0.406 e. The van der Waals surface area contributed by atoms with Gasteiger partial charge < -0.3 is 14.5 Å². The number of alkyl halides is 3. The van der Waals surface area contributed by atoms with E-state index in [2.05, 4.69) is 14.0 Å². The molecule has 32 heavy (non-hydrogen) atoms. The van der Waals surface area contributed by atoms with E-state index in [1.54, 1.807) is 34.2 Å². The highest BCUT2D eigenvalue weighted by molar-refractivity contribution is 7.90. The van der Waals surface area contributed by atoms with Crippen LogP contribution in [0.4, 0.5) is 13.2 Å². The second kappa shape index (κ2) is 8.58. The van der Waals surface area contributed by atoms with Crippen molar-refractivity contribution in [3.05, 3.63) is 53.8 Å². The summed E-state index contributed by atoms with van der Waals surface area (Å²) in [6.07, 6.45) is 0.0298. The average molecular weight is 470 g/mol. The van der Waals surface area contributed by atoms with Crippen molar-refractivity contribution in [3.63, 3.8) is 0 Å². The maximum absolute atomic E-state index is 12.9. The number of piperazine rings is 1. The summed E-state index contributed by atoms with van der Waals surface area (Å²) in [5, 5.41) is 0. The van der Waals surface area contributed by atoms with Crippen LogP contribution in [0, 0.1) is 0 Å². The second-order valence-corrected chi connectivity index (χ2v) is 9.36. The molecule has 3 heterocycles. The van der Waals surface area contributed by atoms with Gasteiger partial charge in [-0.3, -0.25) is 9.69 Å². The molecule has 3 aliphatic rings. The van der Waals surface area contributed by atoms with Crippen LogP contribution in [0.5, 0.6) is 5.75 Å². The number of hydrogen-bond acceptors (Lipinski definition) is 6. The molecule has 1 saturated heterocycles. The summed E-state index contributed by atoms with van der Waals surface area (Å²) in [6, 6.07) is 5.75. The van der Waals surface area contributed by atoms with Crippen LogP contribution in [0.1, 0.15) is 5.56 Å². The highest BCUT2D eigenvalue weighted by atomic mass is 32.2. The van der Waals surface area contributed by atoms with Crippen LogP contribution in [0.15, 0.2) is 52.6 Å². The minimum atomic E-state index is -4.71. The zero-order valence-electron chi connectivity index (χ0n) is 17.0. The topological polar surface area (TPSA) is 82.5 Å². The number of carbonyl (C=O) groups is 1. The quantitative estimate of drug-likeness (QED) is 0.667. The highest BCUT2D eigenvalue weighted by Crippen LogP contribution is 2.23. The molecule has 0 aromatic heterocycles. The molecule has 0 spiro atoms. The number of carbonyl (C=O) groups excluding carboxylic acids is 1. The number of benzene rings is 1. The number of nitrogens with zero attached hydrogens (tertiary/aromatic N) is 4. The van der Waals surface area contributed by atoms with Crippen LogP contribution in [0.2, 0.25) is 0 Å². The molecule has 1 fully saturated rings. The van der Waals surface area contributed by atoms with E-state index in [1.807, 2.05) is 0 Å². The van der Waals surface area contributed by atoms with E-state index in [-0.39, 0.29) is 24.0 Å². The number of rotatable bonds is 4. The third-order valence-electron chi connectivity index (χ3n) is 5.29. The van der Waals surface area contributed by atoms with E-state index in [0.717, 1.165) is 5.56 Å². The molecule has 172 valence electrons. The normalized spacial score (nSPS) is 21.0. The van der Waals surface area contributed by atoms with Gasteiger partial charge in [-0.25, -0.2) is 8.42 Å². The SMILES string of the molecule is O=C(C1=CN2CCS(=O)(=O)N=C2C=C1)N1CCN(Cc2ccc(OC(F)(F)F)cc2)CC1. The van der Waals surface area contributed by atoms with Gasteiger partial charge in [0.05, 0.1) is 11.3 Å². The Hall–Kier alpha value is -2.86.